The third-order valence-corrected chi connectivity index (χ3v) is 2.81. The van der Waals surface area contributed by atoms with Gasteiger partial charge in [-0.25, -0.2) is 4.79 Å². The summed E-state index contributed by atoms with van der Waals surface area (Å²) in [7, 11) is 0. The number of aliphatic carboxylic acids is 1. The molecule has 0 radical (unpaired) electrons. The highest BCUT2D eigenvalue weighted by Gasteiger charge is 2.48. The van der Waals surface area contributed by atoms with Crippen LogP contribution in [0.1, 0.15) is 0 Å². The van der Waals surface area contributed by atoms with E-state index in [-0.39, 0.29) is 0 Å². The lowest BCUT2D eigenvalue weighted by Crippen LogP contribution is -2.61. The van der Waals surface area contributed by atoms with E-state index in [2.05, 4.69) is 0 Å². The molecule has 1 fully saturated rings. The van der Waals surface area contributed by atoms with Gasteiger partial charge in [0.05, 0.1) is 0 Å². The van der Waals surface area contributed by atoms with Gasteiger partial charge in [-0.05, 0) is 12.1 Å². The minimum absolute atomic E-state index is 0.347. The lowest BCUT2D eigenvalue weighted by Gasteiger charge is -2.38. The van der Waals surface area contributed by atoms with E-state index in [1.54, 1.807) is 30.3 Å². The molecule has 0 bridgehead atoms. The number of rotatable bonds is 3. The molecule has 1 saturated heterocycles. The van der Waals surface area contributed by atoms with E-state index in [4.69, 9.17) is 14.6 Å². The maximum absolute atomic E-state index is 10.9. The number of hydrogen-bond donors (Lipinski definition) is 4. The largest absolute Gasteiger partial charge is 0.479 e. The summed E-state index contributed by atoms with van der Waals surface area (Å²) < 4.78 is 10.2. The molecule has 7 heteroatoms. The summed E-state index contributed by atoms with van der Waals surface area (Å²) in [5.74, 6) is -1.10. The van der Waals surface area contributed by atoms with Gasteiger partial charge in [0.25, 0.3) is 0 Å². The summed E-state index contributed by atoms with van der Waals surface area (Å²) in [6, 6.07) is 8.30. The summed E-state index contributed by atoms with van der Waals surface area (Å²) in [5.41, 5.74) is 0. The van der Waals surface area contributed by atoms with Gasteiger partial charge in [0.1, 0.15) is 24.1 Å². The number of carbonyl (C=O) groups is 1. The van der Waals surface area contributed by atoms with Crippen LogP contribution in [-0.2, 0) is 9.53 Å². The van der Waals surface area contributed by atoms with Crippen LogP contribution in [-0.4, -0.2) is 57.1 Å². The Morgan fingerprint density at radius 2 is 1.68 bits per heavy atom. The first kappa shape index (κ1) is 13.8. The summed E-state index contributed by atoms with van der Waals surface area (Å²) in [6.07, 6.45) is -7.97. The van der Waals surface area contributed by atoms with Crippen molar-refractivity contribution in [3.63, 3.8) is 0 Å². The fraction of sp³-hybridized carbons (Fsp3) is 0.417. The standard InChI is InChI=1S/C12H14O7/c13-7-8(14)10(11(16)17)19-12(9(7)15)18-6-4-2-1-3-5-6/h1-5,7-10,12-15H,(H,16,17)/t7-,8-,9+,10-,12+/m0/s1. The van der Waals surface area contributed by atoms with E-state index in [9.17, 15) is 20.1 Å². The highest BCUT2D eigenvalue weighted by atomic mass is 16.7. The molecule has 2 rings (SSSR count). The van der Waals surface area contributed by atoms with Crippen LogP contribution in [0.5, 0.6) is 5.75 Å². The van der Waals surface area contributed by atoms with E-state index >= 15 is 0 Å². The smallest absolute Gasteiger partial charge is 0.335 e. The van der Waals surface area contributed by atoms with Gasteiger partial charge in [0.2, 0.25) is 6.29 Å². The Balaban J connectivity index is 2.13. The van der Waals surface area contributed by atoms with Crippen LogP contribution in [0, 0.1) is 0 Å². The molecule has 0 saturated carbocycles. The first-order valence-corrected chi connectivity index (χ1v) is 5.65. The molecule has 0 unspecified atom stereocenters. The summed E-state index contributed by atoms with van der Waals surface area (Å²) in [6.45, 7) is 0. The van der Waals surface area contributed by atoms with Gasteiger partial charge in [-0.3, -0.25) is 0 Å². The molecule has 1 aliphatic heterocycles. The molecule has 104 valence electrons. The number of para-hydroxylation sites is 1. The molecule has 0 aromatic heterocycles. The number of carboxylic acids is 1. The van der Waals surface area contributed by atoms with Gasteiger partial charge in [0, 0.05) is 0 Å². The third kappa shape index (κ3) is 2.85. The second-order valence-corrected chi connectivity index (χ2v) is 4.17. The van der Waals surface area contributed by atoms with Gasteiger partial charge in [-0.1, -0.05) is 18.2 Å². The van der Waals surface area contributed by atoms with Crippen molar-refractivity contribution in [3.05, 3.63) is 30.3 Å². The number of carboxylic acid groups (broad SMARTS) is 1. The van der Waals surface area contributed by atoms with Crippen molar-refractivity contribution in [3.8, 4) is 5.75 Å². The molecule has 0 amide bonds. The molecular formula is C12H14O7. The predicted molar refractivity (Wildman–Crippen MR) is 61.4 cm³/mol. The van der Waals surface area contributed by atoms with Crippen LogP contribution in [0.2, 0.25) is 0 Å². The van der Waals surface area contributed by atoms with E-state index in [1.807, 2.05) is 0 Å². The lowest BCUT2D eigenvalue weighted by molar-refractivity contribution is -0.271. The second-order valence-electron chi connectivity index (χ2n) is 4.17. The Morgan fingerprint density at radius 3 is 2.26 bits per heavy atom. The molecule has 0 spiro atoms. The van der Waals surface area contributed by atoms with Crippen molar-refractivity contribution in [2.45, 2.75) is 30.7 Å². The molecular weight excluding hydrogens is 256 g/mol. The first-order chi connectivity index (χ1) is 9.00. The van der Waals surface area contributed by atoms with Crippen molar-refractivity contribution in [1.82, 2.24) is 0 Å². The van der Waals surface area contributed by atoms with Crippen LogP contribution in [0.3, 0.4) is 0 Å². The lowest BCUT2D eigenvalue weighted by atomic mass is 9.99. The minimum atomic E-state index is -1.72. The highest BCUT2D eigenvalue weighted by molar-refractivity contribution is 5.73. The normalized spacial score (nSPS) is 34.8. The predicted octanol–water partition coefficient (Wildman–Crippen LogP) is -1.04. The Labute approximate surface area is 108 Å². The maximum atomic E-state index is 10.9. The average Bonchev–Trinajstić information content (AvgIpc) is 2.40. The van der Waals surface area contributed by atoms with Crippen LogP contribution < -0.4 is 4.74 Å². The summed E-state index contributed by atoms with van der Waals surface area (Å²) >= 11 is 0. The SMILES string of the molecule is O=C(O)[C@H]1O[C@@H](Oc2ccccc2)[C@H](O)[C@@H](O)[C@@H]1O. The minimum Gasteiger partial charge on any atom is -0.479 e. The molecule has 1 heterocycles. The Morgan fingerprint density at radius 1 is 1.05 bits per heavy atom. The van der Waals surface area contributed by atoms with E-state index in [0.717, 1.165) is 0 Å². The Bertz CT molecular complexity index is 435. The van der Waals surface area contributed by atoms with E-state index in [0.29, 0.717) is 5.75 Å². The second kappa shape index (κ2) is 5.54. The Hall–Kier alpha value is -1.67. The van der Waals surface area contributed by atoms with Crippen molar-refractivity contribution >= 4 is 5.97 Å². The fourth-order valence-electron chi connectivity index (χ4n) is 1.78. The molecule has 1 aromatic carbocycles. The topological polar surface area (TPSA) is 116 Å². The zero-order chi connectivity index (χ0) is 14.0. The third-order valence-electron chi connectivity index (χ3n) is 2.81. The number of aliphatic hydroxyl groups excluding tert-OH is 3. The van der Waals surface area contributed by atoms with E-state index < -0.39 is 36.7 Å². The number of hydrogen-bond acceptors (Lipinski definition) is 6. The van der Waals surface area contributed by atoms with Crippen LogP contribution >= 0.6 is 0 Å². The van der Waals surface area contributed by atoms with Crippen LogP contribution in [0.25, 0.3) is 0 Å². The van der Waals surface area contributed by atoms with Crippen LogP contribution in [0.4, 0.5) is 0 Å². The molecule has 19 heavy (non-hydrogen) atoms. The molecule has 0 aliphatic carbocycles. The molecule has 7 nitrogen and oxygen atoms in total. The molecule has 1 aliphatic rings. The zero-order valence-electron chi connectivity index (χ0n) is 9.79. The number of ether oxygens (including phenoxy) is 2. The van der Waals surface area contributed by atoms with Crippen molar-refractivity contribution in [2.75, 3.05) is 0 Å². The van der Waals surface area contributed by atoms with E-state index in [1.165, 1.54) is 0 Å². The van der Waals surface area contributed by atoms with Gasteiger partial charge in [0.15, 0.2) is 6.10 Å². The number of aliphatic hydroxyl groups is 3. The van der Waals surface area contributed by atoms with Crippen molar-refractivity contribution in [2.24, 2.45) is 0 Å². The average molecular weight is 270 g/mol. The molecule has 5 atom stereocenters. The van der Waals surface area contributed by atoms with Gasteiger partial charge in [-0.2, -0.15) is 0 Å². The summed E-state index contributed by atoms with van der Waals surface area (Å²) in [4.78, 5) is 10.9. The fourth-order valence-corrected chi connectivity index (χ4v) is 1.78. The van der Waals surface area contributed by atoms with Crippen molar-refractivity contribution in [1.29, 1.82) is 0 Å². The number of benzene rings is 1. The first-order valence-electron chi connectivity index (χ1n) is 5.65. The summed E-state index contributed by atoms with van der Waals surface area (Å²) in [5, 5.41) is 37.7. The van der Waals surface area contributed by atoms with Crippen LogP contribution in [0.15, 0.2) is 30.3 Å². The zero-order valence-corrected chi connectivity index (χ0v) is 9.79. The van der Waals surface area contributed by atoms with Gasteiger partial charge >= 0.3 is 5.97 Å². The molecule has 4 N–H and O–H groups in total. The Kier molecular flexibility index (Phi) is 4.01. The monoisotopic (exact) mass is 270 g/mol. The maximum Gasteiger partial charge on any atom is 0.335 e. The highest BCUT2D eigenvalue weighted by Crippen LogP contribution is 2.24. The van der Waals surface area contributed by atoms with Crippen molar-refractivity contribution < 1.29 is 34.7 Å². The molecule has 1 aromatic rings. The van der Waals surface area contributed by atoms with Gasteiger partial charge in [-0.15, -0.1) is 0 Å². The van der Waals surface area contributed by atoms with Gasteiger partial charge < -0.3 is 29.9 Å². The quantitative estimate of drug-likeness (QED) is 0.554.